The van der Waals surface area contributed by atoms with Crippen LogP contribution in [-0.4, -0.2) is 49.3 Å². The van der Waals surface area contributed by atoms with Crippen LogP contribution in [0.2, 0.25) is 0 Å². The van der Waals surface area contributed by atoms with Crippen LogP contribution in [0, 0.1) is 11.8 Å². The number of hydrogen-bond acceptors (Lipinski definition) is 3. The zero-order valence-electron chi connectivity index (χ0n) is 14.1. The van der Waals surface area contributed by atoms with E-state index in [1.807, 2.05) is 0 Å². The van der Waals surface area contributed by atoms with Gasteiger partial charge in [0, 0.05) is 37.8 Å². The molecule has 1 atom stereocenters. The minimum atomic E-state index is 0.465. The summed E-state index contributed by atoms with van der Waals surface area (Å²) in [4.78, 5) is 2.80. The number of nitrogens with zero attached hydrogens (tertiary/aromatic N) is 1. The largest absolute Gasteiger partial charge is 0.380 e. The summed E-state index contributed by atoms with van der Waals surface area (Å²) >= 11 is 0. The molecule has 1 N–H and O–H groups in total. The summed E-state index contributed by atoms with van der Waals surface area (Å²) in [5.41, 5.74) is 0.465. The van der Waals surface area contributed by atoms with Gasteiger partial charge >= 0.3 is 0 Å². The first-order chi connectivity index (χ1) is 10.2. The second-order valence-electron chi connectivity index (χ2n) is 8.00. The second-order valence-corrected chi connectivity index (χ2v) is 8.00. The fourth-order valence-electron chi connectivity index (χ4n) is 4.19. The van der Waals surface area contributed by atoms with Gasteiger partial charge in [0.05, 0.1) is 6.61 Å². The van der Waals surface area contributed by atoms with Crippen molar-refractivity contribution >= 4 is 0 Å². The van der Waals surface area contributed by atoms with E-state index in [0.29, 0.717) is 5.54 Å². The summed E-state index contributed by atoms with van der Waals surface area (Å²) in [5.74, 6) is 1.72. The number of ether oxygens (including phenoxy) is 1. The fourth-order valence-corrected chi connectivity index (χ4v) is 4.19. The average Bonchev–Trinajstić information content (AvgIpc) is 3.21. The summed E-state index contributed by atoms with van der Waals surface area (Å²) in [6.45, 7) is 10.0. The molecule has 3 fully saturated rings. The zero-order valence-corrected chi connectivity index (χ0v) is 14.1. The lowest BCUT2D eigenvalue weighted by molar-refractivity contribution is 0.00822. The van der Waals surface area contributed by atoms with Gasteiger partial charge in [0.25, 0.3) is 0 Å². The highest BCUT2D eigenvalue weighted by Gasteiger charge is 2.46. The lowest BCUT2D eigenvalue weighted by Crippen LogP contribution is -2.64. The molecular formula is C18H34N2O. The smallest absolute Gasteiger partial charge is 0.0593 e. The monoisotopic (exact) mass is 294 g/mol. The highest BCUT2D eigenvalue weighted by molar-refractivity contribution is 5.04. The number of hydrogen-bond donors (Lipinski definition) is 1. The molecule has 3 aliphatic rings. The van der Waals surface area contributed by atoms with Crippen molar-refractivity contribution in [2.45, 2.75) is 70.4 Å². The van der Waals surface area contributed by atoms with Crippen molar-refractivity contribution in [1.29, 1.82) is 0 Å². The predicted octanol–water partition coefficient (Wildman–Crippen LogP) is 3.05. The molecule has 3 rings (SSSR count). The molecule has 3 heteroatoms. The Morgan fingerprint density at radius 1 is 1.19 bits per heavy atom. The molecule has 0 bridgehead atoms. The third-order valence-electron chi connectivity index (χ3n) is 5.85. The Morgan fingerprint density at radius 2 is 1.95 bits per heavy atom. The average molecular weight is 294 g/mol. The SMILES string of the molecule is CC(C)CCOCCN1CC(C2CC2)NCC12CCCC2. The van der Waals surface area contributed by atoms with Gasteiger partial charge in [-0.3, -0.25) is 4.90 Å². The van der Waals surface area contributed by atoms with Gasteiger partial charge in [0.2, 0.25) is 0 Å². The van der Waals surface area contributed by atoms with Gasteiger partial charge in [-0.05, 0) is 43.9 Å². The Labute approximate surface area is 130 Å². The first kappa shape index (κ1) is 15.8. The molecular weight excluding hydrogens is 260 g/mol. The summed E-state index contributed by atoms with van der Waals surface area (Å²) in [6, 6.07) is 0.756. The van der Waals surface area contributed by atoms with Crippen LogP contribution in [0.5, 0.6) is 0 Å². The fraction of sp³-hybridized carbons (Fsp3) is 1.00. The molecule has 2 saturated carbocycles. The van der Waals surface area contributed by atoms with Crippen molar-refractivity contribution in [3.8, 4) is 0 Å². The minimum Gasteiger partial charge on any atom is -0.380 e. The van der Waals surface area contributed by atoms with E-state index in [4.69, 9.17) is 4.74 Å². The third kappa shape index (κ3) is 4.00. The van der Waals surface area contributed by atoms with Gasteiger partial charge in [0.1, 0.15) is 0 Å². The quantitative estimate of drug-likeness (QED) is 0.730. The van der Waals surface area contributed by atoms with E-state index >= 15 is 0 Å². The molecule has 1 aliphatic heterocycles. The first-order valence-corrected chi connectivity index (χ1v) is 9.26. The third-order valence-corrected chi connectivity index (χ3v) is 5.85. The van der Waals surface area contributed by atoms with Gasteiger partial charge in [-0.1, -0.05) is 26.7 Å². The van der Waals surface area contributed by atoms with Crippen molar-refractivity contribution in [3.63, 3.8) is 0 Å². The van der Waals surface area contributed by atoms with Crippen LogP contribution in [0.3, 0.4) is 0 Å². The Bertz CT molecular complexity index is 321. The van der Waals surface area contributed by atoms with E-state index < -0.39 is 0 Å². The molecule has 122 valence electrons. The van der Waals surface area contributed by atoms with Gasteiger partial charge in [-0.25, -0.2) is 0 Å². The lowest BCUT2D eigenvalue weighted by atomic mass is 9.90. The standard InChI is InChI=1S/C18H34N2O/c1-15(2)7-11-21-12-10-20-13-17(16-5-6-16)19-14-18(20)8-3-4-9-18/h15-17,19H,3-14H2,1-2H3. The topological polar surface area (TPSA) is 24.5 Å². The molecule has 1 spiro atoms. The predicted molar refractivity (Wildman–Crippen MR) is 87.6 cm³/mol. The van der Waals surface area contributed by atoms with Gasteiger partial charge in [-0.15, -0.1) is 0 Å². The van der Waals surface area contributed by atoms with Crippen LogP contribution >= 0.6 is 0 Å². The Morgan fingerprint density at radius 3 is 2.62 bits per heavy atom. The summed E-state index contributed by atoms with van der Waals surface area (Å²) in [7, 11) is 0. The summed E-state index contributed by atoms with van der Waals surface area (Å²) in [6.07, 6.45) is 9.71. The summed E-state index contributed by atoms with van der Waals surface area (Å²) in [5, 5.41) is 3.88. The van der Waals surface area contributed by atoms with Crippen LogP contribution in [0.4, 0.5) is 0 Å². The molecule has 3 nitrogen and oxygen atoms in total. The Balaban J connectivity index is 1.48. The number of nitrogens with one attached hydrogen (secondary N) is 1. The van der Waals surface area contributed by atoms with Crippen LogP contribution < -0.4 is 5.32 Å². The van der Waals surface area contributed by atoms with Gasteiger partial charge in [0.15, 0.2) is 0 Å². The van der Waals surface area contributed by atoms with Crippen molar-refractivity contribution in [2.24, 2.45) is 11.8 Å². The van der Waals surface area contributed by atoms with Crippen molar-refractivity contribution in [1.82, 2.24) is 10.2 Å². The van der Waals surface area contributed by atoms with Crippen LogP contribution in [-0.2, 0) is 4.74 Å². The zero-order chi connectivity index (χ0) is 14.7. The van der Waals surface area contributed by atoms with Crippen LogP contribution in [0.15, 0.2) is 0 Å². The van der Waals surface area contributed by atoms with E-state index in [1.54, 1.807) is 0 Å². The molecule has 1 saturated heterocycles. The normalized spacial score (nSPS) is 29.6. The maximum absolute atomic E-state index is 5.90. The van der Waals surface area contributed by atoms with E-state index in [0.717, 1.165) is 37.6 Å². The van der Waals surface area contributed by atoms with E-state index in [9.17, 15) is 0 Å². The lowest BCUT2D eigenvalue weighted by Gasteiger charge is -2.48. The highest BCUT2D eigenvalue weighted by Crippen LogP contribution is 2.40. The molecule has 1 heterocycles. The molecule has 0 aromatic heterocycles. The van der Waals surface area contributed by atoms with E-state index in [1.165, 1.54) is 58.0 Å². The van der Waals surface area contributed by atoms with Crippen LogP contribution in [0.1, 0.15) is 58.8 Å². The van der Waals surface area contributed by atoms with E-state index in [-0.39, 0.29) is 0 Å². The first-order valence-electron chi connectivity index (χ1n) is 9.26. The maximum atomic E-state index is 5.90. The minimum absolute atomic E-state index is 0.465. The van der Waals surface area contributed by atoms with Crippen molar-refractivity contribution < 1.29 is 4.74 Å². The summed E-state index contributed by atoms with van der Waals surface area (Å²) < 4.78 is 5.90. The highest BCUT2D eigenvalue weighted by atomic mass is 16.5. The van der Waals surface area contributed by atoms with Crippen molar-refractivity contribution in [3.05, 3.63) is 0 Å². The number of rotatable bonds is 7. The molecule has 2 aliphatic carbocycles. The van der Waals surface area contributed by atoms with Gasteiger partial charge in [-0.2, -0.15) is 0 Å². The second kappa shape index (κ2) is 6.97. The molecule has 0 aromatic rings. The Kier molecular flexibility index (Phi) is 5.23. The molecule has 0 aromatic carbocycles. The van der Waals surface area contributed by atoms with Crippen LogP contribution in [0.25, 0.3) is 0 Å². The number of piperazine rings is 1. The Hall–Kier alpha value is -0.120. The molecule has 0 radical (unpaired) electrons. The van der Waals surface area contributed by atoms with E-state index in [2.05, 4.69) is 24.1 Å². The maximum Gasteiger partial charge on any atom is 0.0593 e. The van der Waals surface area contributed by atoms with Gasteiger partial charge < -0.3 is 10.1 Å². The van der Waals surface area contributed by atoms with Crippen molar-refractivity contribution in [2.75, 3.05) is 32.8 Å². The molecule has 21 heavy (non-hydrogen) atoms. The molecule has 0 amide bonds. The molecule has 1 unspecified atom stereocenters.